The molecule has 0 amide bonds. The Morgan fingerprint density at radius 2 is 1.80 bits per heavy atom. The molecule has 0 fully saturated rings. The van der Waals surface area contributed by atoms with E-state index in [0.29, 0.717) is 31.1 Å². The van der Waals surface area contributed by atoms with Crippen LogP contribution in [0.2, 0.25) is 0 Å². The second kappa shape index (κ2) is 8.66. The number of azo groups is 1. The van der Waals surface area contributed by atoms with Crippen LogP contribution in [-0.2, 0) is 6.54 Å². The lowest BCUT2D eigenvalue weighted by atomic mass is 10.2. The van der Waals surface area contributed by atoms with E-state index in [9.17, 15) is 8.78 Å². The molecule has 1 heterocycles. The number of unbranched alkanes of at least 4 members (excludes halogenated alkanes) is 1. The molecule has 0 aliphatic rings. The molecule has 6 nitrogen and oxygen atoms in total. The van der Waals surface area contributed by atoms with Crippen molar-refractivity contribution in [3.63, 3.8) is 0 Å². The van der Waals surface area contributed by atoms with Gasteiger partial charge in [0.05, 0.1) is 24.5 Å². The highest BCUT2D eigenvalue weighted by Gasteiger charge is 2.14. The largest absolute Gasteiger partial charge is 0.493 e. The summed E-state index contributed by atoms with van der Waals surface area (Å²) in [5.74, 6) is -1.50. The predicted molar refractivity (Wildman–Crippen MR) is 91.7 cm³/mol. The zero-order valence-corrected chi connectivity index (χ0v) is 14.7. The van der Waals surface area contributed by atoms with Crippen LogP contribution >= 0.6 is 0 Å². The summed E-state index contributed by atoms with van der Waals surface area (Å²) in [7, 11) is 0. The topological polar surface area (TPSA) is 77.8 Å². The van der Waals surface area contributed by atoms with E-state index in [1.165, 1.54) is 0 Å². The van der Waals surface area contributed by atoms with Gasteiger partial charge < -0.3 is 10.5 Å². The predicted octanol–water partition coefficient (Wildman–Crippen LogP) is 4.33. The zero-order chi connectivity index (χ0) is 18.4. The third-order valence-corrected chi connectivity index (χ3v) is 3.69. The highest BCUT2D eigenvalue weighted by molar-refractivity contribution is 5.48. The molecule has 0 unspecified atom stereocenters. The average Bonchev–Trinajstić information content (AvgIpc) is 2.82. The number of rotatable bonds is 8. The Labute approximate surface area is 145 Å². The summed E-state index contributed by atoms with van der Waals surface area (Å²) >= 11 is 0. The summed E-state index contributed by atoms with van der Waals surface area (Å²) in [5, 5.41) is 12.0. The fraction of sp³-hybridized carbons (Fsp3) is 0.471. The van der Waals surface area contributed by atoms with E-state index in [0.717, 1.165) is 30.7 Å². The Balaban J connectivity index is 2.24. The highest BCUT2D eigenvalue weighted by Crippen LogP contribution is 2.31. The van der Waals surface area contributed by atoms with Crippen LogP contribution < -0.4 is 10.5 Å². The fourth-order valence-electron chi connectivity index (χ4n) is 2.33. The Kier molecular flexibility index (Phi) is 6.58. The molecule has 2 aromatic rings. The SMILES string of the molecule is CCCCOc1cc(F)c(N=Nc2c(C)nn(CCN)c2C)c(F)c1. The quantitative estimate of drug-likeness (QED) is 0.568. The van der Waals surface area contributed by atoms with Gasteiger partial charge in [0.15, 0.2) is 17.3 Å². The molecule has 2 rings (SSSR count). The van der Waals surface area contributed by atoms with Gasteiger partial charge in [-0.2, -0.15) is 5.10 Å². The standard InChI is InChI=1S/C17H23F2N5O/c1-4-5-8-25-13-9-14(18)17(15(19)10-13)22-21-16-11(2)23-24(7-6-20)12(16)3/h9-10H,4-8,20H2,1-3H3. The van der Waals surface area contributed by atoms with Crippen molar-refractivity contribution in [3.05, 3.63) is 35.2 Å². The minimum absolute atomic E-state index is 0.144. The lowest BCUT2D eigenvalue weighted by Crippen LogP contribution is -2.12. The molecule has 0 bridgehead atoms. The minimum atomic E-state index is -0.820. The molecular weight excluding hydrogens is 328 g/mol. The molecular formula is C17H23F2N5O. The number of ether oxygens (including phenoxy) is 1. The van der Waals surface area contributed by atoms with Crippen LogP contribution in [0.1, 0.15) is 31.2 Å². The molecule has 8 heteroatoms. The van der Waals surface area contributed by atoms with E-state index in [2.05, 4.69) is 15.3 Å². The molecule has 0 spiro atoms. The van der Waals surface area contributed by atoms with Gasteiger partial charge in [-0.05, 0) is 20.3 Å². The molecule has 25 heavy (non-hydrogen) atoms. The number of hydrogen-bond acceptors (Lipinski definition) is 5. The number of aromatic nitrogens is 2. The molecule has 0 aliphatic carbocycles. The van der Waals surface area contributed by atoms with Gasteiger partial charge in [-0.25, -0.2) is 8.78 Å². The molecule has 0 aliphatic heterocycles. The number of nitrogens with two attached hydrogens (primary N) is 1. The van der Waals surface area contributed by atoms with Crippen LogP contribution in [0.25, 0.3) is 0 Å². The van der Waals surface area contributed by atoms with Gasteiger partial charge >= 0.3 is 0 Å². The van der Waals surface area contributed by atoms with Gasteiger partial charge in [-0.15, -0.1) is 10.2 Å². The van der Waals surface area contributed by atoms with Crippen molar-refractivity contribution in [3.8, 4) is 5.75 Å². The van der Waals surface area contributed by atoms with Crippen molar-refractivity contribution in [2.24, 2.45) is 16.0 Å². The van der Waals surface area contributed by atoms with Crippen molar-refractivity contribution in [1.29, 1.82) is 0 Å². The Bertz CT molecular complexity index is 735. The second-order valence-electron chi connectivity index (χ2n) is 5.67. The van der Waals surface area contributed by atoms with Crippen LogP contribution in [0.4, 0.5) is 20.2 Å². The van der Waals surface area contributed by atoms with Crippen molar-refractivity contribution in [1.82, 2.24) is 9.78 Å². The lowest BCUT2D eigenvalue weighted by molar-refractivity contribution is 0.306. The smallest absolute Gasteiger partial charge is 0.157 e. The first kappa shape index (κ1) is 19.0. The van der Waals surface area contributed by atoms with Gasteiger partial charge in [-0.3, -0.25) is 4.68 Å². The third-order valence-electron chi connectivity index (χ3n) is 3.69. The van der Waals surface area contributed by atoms with Gasteiger partial charge in [0.1, 0.15) is 11.4 Å². The Morgan fingerprint density at radius 3 is 2.40 bits per heavy atom. The van der Waals surface area contributed by atoms with E-state index >= 15 is 0 Å². The Morgan fingerprint density at radius 1 is 1.16 bits per heavy atom. The maximum Gasteiger partial charge on any atom is 0.157 e. The van der Waals surface area contributed by atoms with Gasteiger partial charge in [0.25, 0.3) is 0 Å². The first-order chi connectivity index (χ1) is 12.0. The van der Waals surface area contributed by atoms with Crippen LogP contribution in [0.15, 0.2) is 22.4 Å². The second-order valence-corrected chi connectivity index (χ2v) is 5.67. The van der Waals surface area contributed by atoms with Gasteiger partial charge in [0.2, 0.25) is 0 Å². The lowest BCUT2D eigenvalue weighted by Gasteiger charge is -2.07. The maximum absolute atomic E-state index is 14.1. The molecule has 0 atom stereocenters. The van der Waals surface area contributed by atoms with E-state index in [1.807, 2.05) is 6.92 Å². The van der Waals surface area contributed by atoms with Crippen molar-refractivity contribution in [2.75, 3.05) is 13.2 Å². The summed E-state index contributed by atoms with van der Waals surface area (Å²) in [5.41, 5.74) is 6.92. The molecule has 2 N–H and O–H groups in total. The minimum Gasteiger partial charge on any atom is -0.493 e. The molecule has 136 valence electrons. The van der Waals surface area contributed by atoms with Crippen LogP contribution in [-0.4, -0.2) is 22.9 Å². The monoisotopic (exact) mass is 351 g/mol. The summed E-state index contributed by atoms with van der Waals surface area (Å²) in [6.07, 6.45) is 1.75. The molecule has 1 aromatic heterocycles. The van der Waals surface area contributed by atoms with E-state index < -0.39 is 17.3 Å². The summed E-state index contributed by atoms with van der Waals surface area (Å²) < 4.78 is 35.3. The number of benzene rings is 1. The summed E-state index contributed by atoms with van der Waals surface area (Å²) in [6.45, 7) is 6.95. The highest BCUT2D eigenvalue weighted by atomic mass is 19.1. The first-order valence-corrected chi connectivity index (χ1v) is 8.25. The summed E-state index contributed by atoms with van der Waals surface area (Å²) in [6, 6.07) is 2.23. The van der Waals surface area contributed by atoms with Crippen LogP contribution in [0.5, 0.6) is 5.75 Å². The maximum atomic E-state index is 14.1. The molecule has 1 aromatic carbocycles. The Hall–Kier alpha value is -2.35. The van der Waals surface area contributed by atoms with Gasteiger partial charge in [-0.1, -0.05) is 13.3 Å². The molecule has 0 saturated heterocycles. The van der Waals surface area contributed by atoms with Crippen LogP contribution in [0.3, 0.4) is 0 Å². The number of halogens is 2. The number of nitrogens with zero attached hydrogens (tertiary/aromatic N) is 4. The average molecular weight is 351 g/mol. The van der Waals surface area contributed by atoms with Crippen molar-refractivity contribution < 1.29 is 13.5 Å². The van der Waals surface area contributed by atoms with Crippen molar-refractivity contribution >= 4 is 11.4 Å². The third kappa shape index (κ3) is 4.60. The van der Waals surface area contributed by atoms with Gasteiger partial charge in [0, 0.05) is 18.7 Å². The first-order valence-electron chi connectivity index (χ1n) is 8.25. The van der Waals surface area contributed by atoms with Crippen molar-refractivity contribution in [2.45, 2.75) is 40.2 Å². The normalized spacial score (nSPS) is 11.4. The van der Waals surface area contributed by atoms with E-state index in [1.54, 1.807) is 18.5 Å². The number of hydrogen-bond donors (Lipinski definition) is 1. The van der Waals surface area contributed by atoms with E-state index in [4.69, 9.17) is 10.5 Å². The summed E-state index contributed by atoms with van der Waals surface area (Å²) in [4.78, 5) is 0. The molecule has 0 saturated carbocycles. The zero-order valence-electron chi connectivity index (χ0n) is 14.7. The van der Waals surface area contributed by atoms with E-state index in [-0.39, 0.29) is 5.75 Å². The molecule has 0 radical (unpaired) electrons. The van der Waals surface area contributed by atoms with Crippen LogP contribution in [0, 0.1) is 25.5 Å². The fourth-order valence-corrected chi connectivity index (χ4v) is 2.33. The number of aryl methyl sites for hydroxylation is 1.